The zero-order valence-corrected chi connectivity index (χ0v) is 9.31. The van der Waals surface area contributed by atoms with Crippen molar-refractivity contribution in [2.24, 2.45) is 0 Å². The molecular formula is C9H12ClNO2S. The first kappa shape index (κ1) is 11.5. The third-order valence-corrected chi connectivity index (χ3v) is 3.49. The second kappa shape index (κ2) is 4.77. The standard InChI is InChI=1S/C9H12ClNO2S/c1-6(12)5-14(13)9-3-2-7(10)4-8(9)11/h2-4,6,12H,5,11H2,1H3. The number of aliphatic hydroxyl groups is 1. The van der Waals surface area contributed by atoms with E-state index in [-0.39, 0.29) is 5.75 Å². The van der Waals surface area contributed by atoms with Crippen LogP contribution in [-0.4, -0.2) is 21.2 Å². The molecule has 3 N–H and O–H groups in total. The predicted octanol–water partition coefficient (Wildman–Crippen LogP) is 1.41. The number of hydrogen-bond donors (Lipinski definition) is 2. The van der Waals surface area contributed by atoms with E-state index in [2.05, 4.69) is 0 Å². The fraction of sp³-hybridized carbons (Fsp3) is 0.333. The van der Waals surface area contributed by atoms with Crippen molar-refractivity contribution in [2.45, 2.75) is 17.9 Å². The molecule has 1 aromatic rings. The zero-order valence-electron chi connectivity index (χ0n) is 7.74. The Morgan fingerprint density at radius 2 is 2.29 bits per heavy atom. The van der Waals surface area contributed by atoms with Gasteiger partial charge in [-0.2, -0.15) is 0 Å². The van der Waals surface area contributed by atoms with Crippen molar-refractivity contribution in [2.75, 3.05) is 11.5 Å². The number of hydrogen-bond acceptors (Lipinski definition) is 3. The average molecular weight is 234 g/mol. The Morgan fingerprint density at radius 3 is 2.79 bits per heavy atom. The number of nitrogens with two attached hydrogens (primary N) is 1. The van der Waals surface area contributed by atoms with Crippen molar-refractivity contribution >= 4 is 28.1 Å². The van der Waals surface area contributed by atoms with Crippen molar-refractivity contribution in [1.29, 1.82) is 0 Å². The summed E-state index contributed by atoms with van der Waals surface area (Å²) in [5.41, 5.74) is 6.04. The highest BCUT2D eigenvalue weighted by Crippen LogP contribution is 2.21. The summed E-state index contributed by atoms with van der Waals surface area (Å²) in [5.74, 6) is 0.186. The SMILES string of the molecule is CC(O)CS(=O)c1ccc(Cl)cc1N. The predicted molar refractivity (Wildman–Crippen MR) is 58.8 cm³/mol. The van der Waals surface area contributed by atoms with Gasteiger partial charge in [0.1, 0.15) is 0 Å². The van der Waals surface area contributed by atoms with Gasteiger partial charge in [-0.1, -0.05) is 11.6 Å². The molecule has 5 heteroatoms. The van der Waals surface area contributed by atoms with Crippen LogP contribution in [0, 0.1) is 0 Å². The number of aliphatic hydroxyl groups excluding tert-OH is 1. The van der Waals surface area contributed by atoms with Crippen molar-refractivity contribution < 1.29 is 9.32 Å². The number of benzene rings is 1. The van der Waals surface area contributed by atoms with E-state index in [1.807, 2.05) is 0 Å². The fourth-order valence-corrected chi connectivity index (χ4v) is 2.38. The van der Waals surface area contributed by atoms with E-state index in [4.69, 9.17) is 22.4 Å². The second-order valence-electron chi connectivity index (χ2n) is 3.04. The van der Waals surface area contributed by atoms with E-state index in [0.29, 0.717) is 15.6 Å². The first-order valence-electron chi connectivity index (χ1n) is 4.12. The van der Waals surface area contributed by atoms with E-state index in [1.54, 1.807) is 25.1 Å². The second-order valence-corrected chi connectivity index (χ2v) is 4.94. The van der Waals surface area contributed by atoms with Gasteiger partial charge in [0.2, 0.25) is 0 Å². The molecule has 14 heavy (non-hydrogen) atoms. The maximum Gasteiger partial charge on any atom is 0.0630 e. The number of halogens is 1. The van der Waals surface area contributed by atoms with E-state index < -0.39 is 16.9 Å². The normalized spacial score (nSPS) is 15.1. The lowest BCUT2D eigenvalue weighted by Crippen LogP contribution is -2.13. The number of anilines is 1. The van der Waals surface area contributed by atoms with Gasteiger partial charge < -0.3 is 10.8 Å². The molecule has 78 valence electrons. The Morgan fingerprint density at radius 1 is 1.64 bits per heavy atom. The molecule has 0 aliphatic carbocycles. The molecule has 0 bridgehead atoms. The molecule has 0 amide bonds. The molecule has 0 saturated carbocycles. The molecule has 0 radical (unpaired) electrons. The minimum Gasteiger partial charge on any atom is -0.398 e. The van der Waals surface area contributed by atoms with Gasteiger partial charge in [-0.25, -0.2) is 0 Å². The summed E-state index contributed by atoms with van der Waals surface area (Å²) in [6.07, 6.45) is -0.606. The number of nitrogen functional groups attached to an aromatic ring is 1. The van der Waals surface area contributed by atoms with Crippen LogP contribution in [0.5, 0.6) is 0 Å². The molecule has 0 spiro atoms. The Balaban J connectivity index is 2.90. The Hall–Kier alpha value is -0.580. The van der Waals surface area contributed by atoms with Crippen LogP contribution in [0.25, 0.3) is 0 Å². The lowest BCUT2D eigenvalue weighted by atomic mass is 10.3. The fourth-order valence-electron chi connectivity index (χ4n) is 1.04. The van der Waals surface area contributed by atoms with Crippen molar-refractivity contribution in [3.63, 3.8) is 0 Å². The van der Waals surface area contributed by atoms with Crippen LogP contribution in [0.15, 0.2) is 23.1 Å². The lowest BCUT2D eigenvalue weighted by molar-refractivity contribution is 0.219. The van der Waals surface area contributed by atoms with Gasteiger partial charge in [-0.05, 0) is 25.1 Å². The summed E-state index contributed by atoms with van der Waals surface area (Å²) in [4.78, 5) is 0.523. The molecule has 0 fully saturated rings. The molecular weight excluding hydrogens is 222 g/mol. The highest BCUT2D eigenvalue weighted by molar-refractivity contribution is 7.85. The van der Waals surface area contributed by atoms with Gasteiger partial charge in [0, 0.05) is 10.7 Å². The van der Waals surface area contributed by atoms with Gasteiger partial charge >= 0.3 is 0 Å². The Kier molecular flexibility index (Phi) is 3.92. The first-order valence-corrected chi connectivity index (χ1v) is 5.82. The summed E-state index contributed by atoms with van der Waals surface area (Å²) in [6.45, 7) is 1.59. The van der Waals surface area contributed by atoms with Crippen LogP contribution in [0.3, 0.4) is 0 Å². The lowest BCUT2D eigenvalue weighted by Gasteiger charge is -2.07. The molecule has 0 saturated heterocycles. The van der Waals surface area contributed by atoms with Gasteiger partial charge in [0.25, 0.3) is 0 Å². The summed E-state index contributed by atoms with van der Waals surface area (Å²) in [7, 11) is -1.27. The van der Waals surface area contributed by atoms with E-state index >= 15 is 0 Å². The van der Waals surface area contributed by atoms with Crippen LogP contribution in [-0.2, 0) is 10.8 Å². The summed E-state index contributed by atoms with van der Waals surface area (Å²) < 4.78 is 11.6. The number of rotatable bonds is 3. The van der Waals surface area contributed by atoms with Crippen molar-refractivity contribution in [3.8, 4) is 0 Å². The third-order valence-electron chi connectivity index (χ3n) is 1.61. The van der Waals surface area contributed by atoms with Gasteiger partial charge in [-0.3, -0.25) is 4.21 Å². The maximum atomic E-state index is 11.6. The van der Waals surface area contributed by atoms with Crippen molar-refractivity contribution in [3.05, 3.63) is 23.2 Å². The quantitative estimate of drug-likeness (QED) is 0.776. The smallest absolute Gasteiger partial charge is 0.0630 e. The Labute approximate surface area is 90.3 Å². The highest BCUT2D eigenvalue weighted by atomic mass is 35.5. The van der Waals surface area contributed by atoms with E-state index in [1.165, 1.54) is 0 Å². The van der Waals surface area contributed by atoms with E-state index in [0.717, 1.165) is 0 Å². The summed E-state index contributed by atoms with van der Waals surface area (Å²) in [5, 5.41) is 9.58. The van der Waals surface area contributed by atoms with Gasteiger partial charge in [0.15, 0.2) is 0 Å². The summed E-state index contributed by atoms with van der Waals surface area (Å²) in [6, 6.07) is 4.81. The molecule has 0 aromatic heterocycles. The first-order chi connectivity index (χ1) is 6.50. The minimum absolute atomic E-state index is 0.186. The summed E-state index contributed by atoms with van der Waals surface area (Å²) >= 11 is 5.70. The average Bonchev–Trinajstić information content (AvgIpc) is 2.01. The Bertz CT molecular complexity index is 355. The minimum atomic E-state index is -1.27. The van der Waals surface area contributed by atoms with E-state index in [9.17, 15) is 4.21 Å². The molecule has 1 aromatic carbocycles. The van der Waals surface area contributed by atoms with Gasteiger partial charge in [-0.15, -0.1) is 0 Å². The topological polar surface area (TPSA) is 63.3 Å². The monoisotopic (exact) mass is 233 g/mol. The molecule has 0 aliphatic rings. The molecule has 0 aliphatic heterocycles. The molecule has 3 nitrogen and oxygen atoms in total. The molecule has 0 heterocycles. The van der Waals surface area contributed by atoms with Crippen LogP contribution in [0.4, 0.5) is 5.69 Å². The zero-order chi connectivity index (χ0) is 10.7. The molecule has 2 unspecified atom stereocenters. The van der Waals surface area contributed by atoms with Gasteiger partial charge in [0.05, 0.1) is 27.6 Å². The third kappa shape index (κ3) is 2.97. The highest BCUT2D eigenvalue weighted by Gasteiger charge is 2.10. The molecule has 1 rings (SSSR count). The van der Waals surface area contributed by atoms with Crippen LogP contribution in [0.1, 0.15) is 6.92 Å². The largest absolute Gasteiger partial charge is 0.398 e. The maximum absolute atomic E-state index is 11.6. The van der Waals surface area contributed by atoms with Crippen LogP contribution < -0.4 is 5.73 Å². The van der Waals surface area contributed by atoms with Crippen LogP contribution in [0.2, 0.25) is 5.02 Å². The molecule has 2 atom stereocenters. The van der Waals surface area contributed by atoms with Crippen molar-refractivity contribution in [1.82, 2.24) is 0 Å². The van der Waals surface area contributed by atoms with Crippen LogP contribution >= 0.6 is 11.6 Å².